The van der Waals surface area contributed by atoms with Gasteiger partial charge in [-0.05, 0) is 12.5 Å². The van der Waals surface area contributed by atoms with Crippen LogP contribution in [-0.4, -0.2) is 24.0 Å². The van der Waals surface area contributed by atoms with Crippen molar-refractivity contribution in [3.05, 3.63) is 39.9 Å². The fourth-order valence-corrected chi connectivity index (χ4v) is 1.27. The van der Waals surface area contributed by atoms with Crippen LogP contribution >= 0.6 is 0 Å². The van der Waals surface area contributed by atoms with Gasteiger partial charge in [-0.1, -0.05) is 12.1 Å². The summed E-state index contributed by atoms with van der Waals surface area (Å²) >= 11 is 0. The van der Waals surface area contributed by atoms with Crippen molar-refractivity contribution in [2.24, 2.45) is 0 Å². The van der Waals surface area contributed by atoms with Crippen LogP contribution in [-0.2, 0) is 16.1 Å². The minimum atomic E-state index is -0.450. The molecular weight excluding hydrogens is 224 g/mol. The van der Waals surface area contributed by atoms with Crippen LogP contribution in [0, 0.1) is 10.1 Å². The normalized spacial score (nSPS) is 11.9. The second-order valence-corrected chi connectivity index (χ2v) is 3.55. The number of nitrogens with one attached hydrogen (secondary N) is 1. The lowest BCUT2D eigenvalue weighted by Crippen LogP contribution is -2.34. The van der Waals surface area contributed by atoms with Crippen molar-refractivity contribution in [1.82, 2.24) is 5.32 Å². The standard InChI is InChI=1S/C11H14N2O4/c1-8(11(14)17-2)12-7-9-3-5-10(6-4-9)13(15)16/h3-6,8,12H,7H2,1-2H3. The number of benzene rings is 1. The van der Waals surface area contributed by atoms with E-state index in [0.29, 0.717) is 6.54 Å². The molecule has 0 radical (unpaired) electrons. The summed E-state index contributed by atoms with van der Waals surface area (Å²) in [4.78, 5) is 21.1. The Hall–Kier alpha value is -1.95. The Morgan fingerprint density at radius 2 is 2.06 bits per heavy atom. The van der Waals surface area contributed by atoms with E-state index in [9.17, 15) is 14.9 Å². The predicted molar refractivity (Wildman–Crippen MR) is 61.4 cm³/mol. The second-order valence-electron chi connectivity index (χ2n) is 3.55. The first-order valence-electron chi connectivity index (χ1n) is 5.09. The zero-order valence-electron chi connectivity index (χ0n) is 9.67. The summed E-state index contributed by atoms with van der Waals surface area (Å²) in [5.41, 5.74) is 0.918. The summed E-state index contributed by atoms with van der Waals surface area (Å²) in [6.07, 6.45) is 0. The predicted octanol–water partition coefficient (Wildman–Crippen LogP) is 1.25. The van der Waals surface area contributed by atoms with Gasteiger partial charge in [-0.15, -0.1) is 0 Å². The SMILES string of the molecule is COC(=O)C(C)NCc1ccc([N+](=O)[O-])cc1. The van der Waals surface area contributed by atoms with Gasteiger partial charge >= 0.3 is 5.97 Å². The largest absolute Gasteiger partial charge is 0.468 e. The minimum absolute atomic E-state index is 0.0507. The Kier molecular flexibility index (Phi) is 4.59. The number of nitro groups is 1. The van der Waals surface area contributed by atoms with Crippen molar-refractivity contribution in [3.8, 4) is 0 Å². The highest BCUT2D eigenvalue weighted by Crippen LogP contribution is 2.11. The summed E-state index contributed by atoms with van der Waals surface area (Å²) in [6.45, 7) is 2.14. The van der Waals surface area contributed by atoms with E-state index in [1.165, 1.54) is 19.2 Å². The molecule has 0 spiro atoms. The molecule has 92 valence electrons. The second kappa shape index (κ2) is 5.95. The Balaban J connectivity index is 2.53. The van der Waals surface area contributed by atoms with E-state index in [2.05, 4.69) is 10.1 Å². The van der Waals surface area contributed by atoms with Crippen LogP contribution in [0.25, 0.3) is 0 Å². The third-order valence-electron chi connectivity index (χ3n) is 2.31. The van der Waals surface area contributed by atoms with E-state index in [0.717, 1.165) is 5.56 Å². The summed E-state index contributed by atoms with van der Waals surface area (Å²) < 4.78 is 4.56. The zero-order chi connectivity index (χ0) is 12.8. The molecule has 0 aromatic heterocycles. The first kappa shape index (κ1) is 13.1. The lowest BCUT2D eigenvalue weighted by molar-refractivity contribution is -0.384. The maximum atomic E-state index is 11.1. The topological polar surface area (TPSA) is 81.5 Å². The van der Waals surface area contributed by atoms with Crippen LogP contribution in [0.2, 0.25) is 0 Å². The highest BCUT2D eigenvalue weighted by Gasteiger charge is 2.12. The van der Waals surface area contributed by atoms with Crippen LogP contribution in [0.15, 0.2) is 24.3 Å². The van der Waals surface area contributed by atoms with E-state index in [4.69, 9.17) is 0 Å². The molecule has 1 aromatic carbocycles. The molecule has 0 amide bonds. The van der Waals surface area contributed by atoms with Crippen molar-refractivity contribution in [2.45, 2.75) is 19.5 Å². The molecule has 1 rings (SSSR count). The molecular formula is C11H14N2O4. The number of hydrogen-bond acceptors (Lipinski definition) is 5. The van der Waals surface area contributed by atoms with Gasteiger partial charge in [-0.25, -0.2) is 0 Å². The number of ether oxygens (including phenoxy) is 1. The summed E-state index contributed by atoms with van der Waals surface area (Å²) in [5.74, 6) is -0.341. The van der Waals surface area contributed by atoms with Crippen LogP contribution in [0.3, 0.4) is 0 Å². The molecule has 17 heavy (non-hydrogen) atoms. The van der Waals surface area contributed by atoms with E-state index in [-0.39, 0.29) is 11.7 Å². The lowest BCUT2D eigenvalue weighted by Gasteiger charge is -2.11. The van der Waals surface area contributed by atoms with Gasteiger partial charge in [-0.3, -0.25) is 14.9 Å². The Morgan fingerprint density at radius 3 is 2.53 bits per heavy atom. The number of carbonyl (C=O) groups excluding carboxylic acids is 1. The molecule has 0 aliphatic heterocycles. The van der Waals surface area contributed by atoms with Crippen molar-refractivity contribution < 1.29 is 14.5 Å². The maximum absolute atomic E-state index is 11.1. The van der Waals surface area contributed by atoms with E-state index < -0.39 is 11.0 Å². The number of esters is 1. The monoisotopic (exact) mass is 238 g/mol. The van der Waals surface area contributed by atoms with E-state index in [1.54, 1.807) is 19.1 Å². The molecule has 1 atom stereocenters. The number of non-ortho nitro benzene ring substituents is 1. The molecule has 0 heterocycles. The number of methoxy groups -OCH3 is 1. The van der Waals surface area contributed by atoms with E-state index in [1.807, 2.05) is 0 Å². The fourth-order valence-electron chi connectivity index (χ4n) is 1.27. The summed E-state index contributed by atoms with van der Waals surface area (Å²) in [7, 11) is 1.33. The van der Waals surface area contributed by atoms with Gasteiger partial charge in [0.2, 0.25) is 0 Å². The molecule has 1 unspecified atom stereocenters. The van der Waals surface area contributed by atoms with Crippen molar-refractivity contribution >= 4 is 11.7 Å². The Morgan fingerprint density at radius 1 is 1.47 bits per heavy atom. The highest BCUT2D eigenvalue weighted by atomic mass is 16.6. The summed E-state index contributed by atoms with van der Waals surface area (Å²) in [5, 5.41) is 13.4. The molecule has 6 heteroatoms. The smallest absolute Gasteiger partial charge is 0.322 e. The van der Waals surface area contributed by atoms with Gasteiger partial charge in [-0.2, -0.15) is 0 Å². The van der Waals surface area contributed by atoms with E-state index >= 15 is 0 Å². The Bertz CT molecular complexity index is 402. The quantitative estimate of drug-likeness (QED) is 0.474. The van der Waals surface area contributed by atoms with Crippen LogP contribution in [0.4, 0.5) is 5.69 Å². The maximum Gasteiger partial charge on any atom is 0.322 e. The number of rotatable bonds is 5. The summed E-state index contributed by atoms with van der Waals surface area (Å²) in [6, 6.07) is 5.75. The van der Waals surface area contributed by atoms with Gasteiger partial charge in [0.1, 0.15) is 6.04 Å². The average molecular weight is 238 g/mol. The number of hydrogen-bond donors (Lipinski definition) is 1. The Labute approximate surface area is 98.7 Å². The molecule has 0 saturated carbocycles. The first-order valence-corrected chi connectivity index (χ1v) is 5.09. The zero-order valence-corrected chi connectivity index (χ0v) is 9.67. The number of nitro benzene ring substituents is 1. The molecule has 0 aliphatic carbocycles. The van der Waals surface area contributed by atoms with Gasteiger partial charge in [0.15, 0.2) is 0 Å². The number of nitrogens with zero attached hydrogens (tertiary/aromatic N) is 1. The van der Waals surface area contributed by atoms with Crippen LogP contribution in [0.1, 0.15) is 12.5 Å². The molecule has 0 aliphatic rings. The molecule has 6 nitrogen and oxygen atoms in total. The van der Waals surface area contributed by atoms with Crippen molar-refractivity contribution in [1.29, 1.82) is 0 Å². The molecule has 1 aromatic rings. The fraction of sp³-hybridized carbons (Fsp3) is 0.364. The van der Waals surface area contributed by atoms with Crippen LogP contribution < -0.4 is 5.32 Å². The first-order chi connectivity index (χ1) is 8.04. The lowest BCUT2D eigenvalue weighted by atomic mass is 10.2. The molecule has 0 fully saturated rings. The highest BCUT2D eigenvalue weighted by molar-refractivity contribution is 5.75. The third kappa shape index (κ3) is 3.84. The van der Waals surface area contributed by atoms with Gasteiger partial charge in [0.05, 0.1) is 12.0 Å². The average Bonchev–Trinajstić information content (AvgIpc) is 2.35. The van der Waals surface area contributed by atoms with Crippen molar-refractivity contribution in [2.75, 3.05) is 7.11 Å². The van der Waals surface area contributed by atoms with Gasteiger partial charge in [0.25, 0.3) is 5.69 Å². The third-order valence-corrected chi connectivity index (χ3v) is 2.31. The molecule has 1 N–H and O–H groups in total. The molecule has 0 saturated heterocycles. The van der Waals surface area contributed by atoms with Crippen LogP contribution in [0.5, 0.6) is 0 Å². The number of carbonyl (C=O) groups is 1. The molecule has 0 bridgehead atoms. The van der Waals surface area contributed by atoms with Gasteiger partial charge in [0, 0.05) is 18.7 Å². The van der Waals surface area contributed by atoms with Crippen molar-refractivity contribution in [3.63, 3.8) is 0 Å². The van der Waals surface area contributed by atoms with Gasteiger partial charge < -0.3 is 10.1 Å². The minimum Gasteiger partial charge on any atom is -0.468 e.